The normalized spacial score (nSPS) is 26.9. The van der Waals surface area contributed by atoms with Crippen molar-refractivity contribution in [1.82, 2.24) is 0 Å². The summed E-state index contributed by atoms with van der Waals surface area (Å²) in [5.74, 6) is -2.88. The first-order valence-corrected chi connectivity index (χ1v) is 12.3. The number of phenolic OH excluding ortho intramolecular Hbond substituents is 1. The molecular formula is C30H25NO6. The van der Waals surface area contributed by atoms with E-state index < -0.39 is 23.7 Å². The minimum atomic E-state index is -0.627. The third-order valence-corrected chi connectivity index (χ3v) is 8.12. The van der Waals surface area contributed by atoms with Crippen LogP contribution in [0, 0.1) is 17.8 Å². The third-order valence-electron chi connectivity index (χ3n) is 8.12. The lowest BCUT2D eigenvalue weighted by atomic mass is 9.59. The summed E-state index contributed by atoms with van der Waals surface area (Å²) in [6, 6.07) is 13.8. The predicted octanol–water partition coefficient (Wildman–Crippen LogP) is 4.03. The molecule has 37 heavy (non-hydrogen) atoms. The minimum absolute atomic E-state index is 0.0392. The van der Waals surface area contributed by atoms with Crippen molar-refractivity contribution in [2.75, 3.05) is 12.0 Å². The first-order valence-electron chi connectivity index (χ1n) is 12.3. The van der Waals surface area contributed by atoms with Gasteiger partial charge in [-0.25, -0.2) is 0 Å². The van der Waals surface area contributed by atoms with Crippen LogP contribution in [0.3, 0.4) is 0 Å². The molecule has 0 unspecified atom stereocenters. The van der Waals surface area contributed by atoms with Gasteiger partial charge >= 0.3 is 0 Å². The fraction of sp³-hybridized carbons (Fsp3) is 0.267. The van der Waals surface area contributed by atoms with E-state index in [1.54, 1.807) is 43.3 Å². The molecule has 2 aromatic rings. The Labute approximate surface area is 213 Å². The van der Waals surface area contributed by atoms with E-state index in [-0.39, 0.29) is 41.3 Å². The molecule has 1 heterocycles. The van der Waals surface area contributed by atoms with Gasteiger partial charge in [0.2, 0.25) is 11.8 Å². The van der Waals surface area contributed by atoms with Crippen LogP contribution in [-0.2, 0) is 19.2 Å². The number of Topliss-reactive ketones (excluding diaryl/α,β-unsaturated/α-hetero) is 1. The molecule has 1 N–H and O–H groups in total. The van der Waals surface area contributed by atoms with Gasteiger partial charge in [-0.05, 0) is 61.6 Å². The number of hydrogen-bond donors (Lipinski definition) is 1. The molecule has 0 aromatic heterocycles. The van der Waals surface area contributed by atoms with Crippen molar-refractivity contribution in [3.63, 3.8) is 0 Å². The topological polar surface area (TPSA) is 101 Å². The van der Waals surface area contributed by atoms with E-state index in [1.165, 1.54) is 24.2 Å². The highest BCUT2D eigenvalue weighted by molar-refractivity contribution is 6.25. The lowest BCUT2D eigenvalue weighted by Crippen LogP contribution is -2.39. The van der Waals surface area contributed by atoms with Crippen LogP contribution in [0.15, 0.2) is 83.0 Å². The van der Waals surface area contributed by atoms with Crippen molar-refractivity contribution in [2.45, 2.75) is 25.7 Å². The number of nitrogens with zero attached hydrogens (tertiary/aromatic N) is 1. The zero-order valence-corrected chi connectivity index (χ0v) is 20.4. The van der Waals surface area contributed by atoms with Gasteiger partial charge in [-0.1, -0.05) is 35.9 Å². The van der Waals surface area contributed by atoms with Gasteiger partial charge in [0.15, 0.2) is 23.1 Å². The number of benzene rings is 2. The molecule has 7 heteroatoms. The third kappa shape index (κ3) is 3.34. The Morgan fingerprint density at radius 2 is 1.73 bits per heavy atom. The number of carbonyl (C=O) groups excluding carboxylic acids is 4. The summed E-state index contributed by atoms with van der Waals surface area (Å²) in [7, 11) is 1.45. The van der Waals surface area contributed by atoms with Gasteiger partial charge in [0.05, 0.1) is 24.6 Å². The second-order valence-electron chi connectivity index (χ2n) is 10.0. The number of hydrogen-bond acceptors (Lipinski definition) is 6. The summed E-state index contributed by atoms with van der Waals surface area (Å²) >= 11 is 0. The Hall–Kier alpha value is -4.26. The molecular weight excluding hydrogens is 470 g/mol. The highest BCUT2D eigenvalue weighted by atomic mass is 16.5. The average molecular weight is 496 g/mol. The van der Waals surface area contributed by atoms with Gasteiger partial charge in [0.25, 0.3) is 0 Å². The number of imide groups is 1. The van der Waals surface area contributed by atoms with E-state index in [1.807, 2.05) is 12.1 Å². The van der Waals surface area contributed by atoms with Crippen LogP contribution in [-0.4, -0.2) is 35.6 Å². The van der Waals surface area contributed by atoms with Crippen LogP contribution >= 0.6 is 0 Å². The largest absolute Gasteiger partial charge is 0.504 e. The van der Waals surface area contributed by atoms with Crippen LogP contribution in [0.2, 0.25) is 0 Å². The predicted molar refractivity (Wildman–Crippen MR) is 135 cm³/mol. The maximum absolute atomic E-state index is 13.8. The lowest BCUT2D eigenvalue weighted by Gasteiger charge is -2.42. The number of aromatic hydroxyl groups is 1. The van der Waals surface area contributed by atoms with E-state index in [9.17, 15) is 24.3 Å². The number of rotatable bonds is 3. The molecule has 4 atom stereocenters. The number of para-hydroxylation sites is 1. The summed E-state index contributed by atoms with van der Waals surface area (Å²) in [6.07, 6.45) is 3.94. The molecule has 1 fully saturated rings. The molecule has 1 saturated heterocycles. The van der Waals surface area contributed by atoms with E-state index >= 15 is 0 Å². The van der Waals surface area contributed by atoms with Gasteiger partial charge in [-0.2, -0.15) is 0 Å². The van der Waals surface area contributed by atoms with E-state index in [2.05, 4.69) is 0 Å². The molecule has 6 rings (SSSR count). The second-order valence-corrected chi connectivity index (χ2v) is 10.0. The van der Waals surface area contributed by atoms with Crippen LogP contribution < -0.4 is 9.64 Å². The summed E-state index contributed by atoms with van der Waals surface area (Å²) in [5.41, 5.74) is 3.26. The van der Waals surface area contributed by atoms with Crippen LogP contribution in [0.4, 0.5) is 5.69 Å². The number of amides is 2. The number of ketones is 2. The fourth-order valence-electron chi connectivity index (χ4n) is 6.45. The quantitative estimate of drug-likeness (QED) is 0.392. The van der Waals surface area contributed by atoms with E-state index in [0.29, 0.717) is 34.4 Å². The monoisotopic (exact) mass is 495 g/mol. The van der Waals surface area contributed by atoms with Gasteiger partial charge in [-0.3, -0.25) is 24.1 Å². The van der Waals surface area contributed by atoms with Gasteiger partial charge < -0.3 is 9.84 Å². The Morgan fingerprint density at radius 1 is 0.973 bits per heavy atom. The molecule has 186 valence electrons. The average Bonchev–Trinajstić information content (AvgIpc) is 3.16. The number of fused-ring (bicyclic) bond motifs is 3. The van der Waals surface area contributed by atoms with Crippen molar-refractivity contribution in [3.05, 3.63) is 88.5 Å². The smallest absolute Gasteiger partial charge is 0.238 e. The zero-order chi connectivity index (χ0) is 26.0. The van der Waals surface area contributed by atoms with Gasteiger partial charge in [0.1, 0.15) is 0 Å². The van der Waals surface area contributed by atoms with Crippen LogP contribution in [0.25, 0.3) is 0 Å². The molecule has 7 nitrogen and oxygen atoms in total. The molecule has 1 aliphatic heterocycles. The summed E-state index contributed by atoms with van der Waals surface area (Å²) in [4.78, 5) is 55.2. The Balaban J connectivity index is 1.50. The summed E-state index contributed by atoms with van der Waals surface area (Å²) in [5, 5.41) is 10.2. The number of anilines is 1. The Morgan fingerprint density at radius 3 is 2.46 bits per heavy atom. The highest BCUT2D eigenvalue weighted by Gasteiger charge is 2.56. The van der Waals surface area contributed by atoms with E-state index in [4.69, 9.17) is 4.74 Å². The molecule has 4 aliphatic rings. The summed E-state index contributed by atoms with van der Waals surface area (Å²) in [6.45, 7) is 1.63. The molecule has 0 bridgehead atoms. The number of carbonyl (C=O) groups is 4. The van der Waals surface area contributed by atoms with Crippen molar-refractivity contribution in [1.29, 1.82) is 0 Å². The molecule has 2 amide bonds. The number of allylic oxidation sites excluding steroid dienone is 6. The number of phenols is 1. The first kappa shape index (κ1) is 23.2. The first-order chi connectivity index (χ1) is 17.8. The Bertz CT molecular complexity index is 1480. The maximum Gasteiger partial charge on any atom is 0.238 e. The highest BCUT2D eigenvalue weighted by Crippen LogP contribution is 2.55. The van der Waals surface area contributed by atoms with E-state index in [0.717, 1.165) is 5.57 Å². The zero-order valence-electron chi connectivity index (χ0n) is 20.4. The Kier molecular flexibility index (Phi) is 5.26. The number of methoxy groups -OCH3 is 1. The van der Waals surface area contributed by atoms with Crippen LogP contribution in [0.1, 0.15) is 31.2 Å². The van der Waals surface area contributed by atoms with Crippen molar-refractivity contribution < 1.29 is 29.0 Å². The maximum atomic E-state index is 13.8. The molecule has 2 aromatic carbocycles. The lowest BCUT2D eigenvalue weighted by molar-refractivity contribution is -0.123. The number of ether oxygens (including phenoxy) is 1. The van der Waals surface area contributed by atoms with Gasteiger partial charge in [0, 0.05) is 22.6 Å². The molecule has 0 radical (unpaired) electrons. The molecule has 0 spiro atoms. The molecule has 0 saturated carbocycles. The van der Waals surface area contributed by atoms with Gasteiger partial charge in [-0.15, -0.1) is 0 Å². The van der Waals surface area contributed by atoms with Crippen molar-refractivity contribution >= 4 is 29.1 Å². The SMILES string of the molecule is COc1cc([C@H]2C3=CC[C@@H]4C(=O)N(c5ccccc5)C(=O)[C@@H]4[C@@H]3CC3=C2C(=O)C(C)=CC3=O)ccc1O. The second kappa shape index (κ2) is 8.40. The van der Waals surface area contributed by atoms with Crippen LogP contribution in [0.5, 0.6) is 11.5 Å². The molecule has 3 aliphatic carbocycles. The van der Waals surface area contributed by atoms with Crippen molar-refractivity contribution in [2.24, 2.45) is 17.8 Å². The minimum Gasteiger partial charge on any atom is -0.504 e. The standard InChI is InChI=1S/C30H25NO6/c1-15-12-23(33)21-14-20-18(25(27(21)28(15)34)16-8-11-22(32)24(13-16)37-2)9-10-19-26(20)30(36)31(29(19)35)17-6-4-3-5-7-17/h3-9,11-13,19-20,25-26,32H,10,14H2,1-2H3/t19-,20+,25-,26-/m0/s1. The fourth-order valence-corrected chi connectivity index (χ4v) is 6.45. The summed E-state index contributed by atoms with van der Waals surface area (Å²) < 4.78 is 5.33. The van der Waals surface area contributed by atoms with Crippen molar-refractivity contribution in [3.8, 4) is 11.5 Å².